The molecular weight excluding hydrogens is 276 g/mol. The summed E-state index contributed by atoms with van der Waals surface area (Å²) in [5.74, 6) is 0. The Morgan fingerprint density at radius 2 is 0.900 bits per heavy atom. The van der Waals surface area contributed by atoms with Crippen molar-refractivity contribution in [2.24, 2.45) is 0 Å². The molecule has 0 bridgehead atoms. The first-order valence-corrected chi connectivity index (χ1v) is 12.1. The molecule has 0 saturated carbocycles. The average Bonchev–Trinajstić information content (AvgIpc) is 2.11. The Bertz CT molecular complexity index is 259. The molecule has 0 aromatic rings. The third-order valence-corrected chi connectivity index (χ3v) is 15.7. The van der Waals surface area contributed by atoms with E-state index in [2.05, 4.69) is 83.1 Å². The molecule has 0 unspecified atom stereocenters. The molecule has 1 nitrogen and oxygen atoms in total. The van der Waals surface area contributed by atoms with Crippen molar-refractivity contribution >= 4 is 17.4 Å². The highest BCUT2D eigenvalue weighted by atomic mass is 28.4. The molecule has 0 aromatic heterocycles. The summed E-state index contributed by atoms with van der Waals surface area (Å²) in [7, 11) is -3.09. The van der Waals surface area contributed by atoms with Crippen molar-refractivity contribution in [3.63, 3.8) is 0 Å². The van der Waals surface area contributed by atoms with Crippen molar-refractivity contribution in [1.29, 1.82) is 0 Å². The first-order valence-electron chi connectivity index (χ1n) is 8.35. The van der Waals surface area contributed by atoms with E-state index in [1.54, 1.807) is 0 Å². The van der Waals surface area contributed by atoms with Gasteiger partial charge in [0.15, 0.2) is 17.4 Å². The second kappa shape index (κ2) is 6.66. The zero-order chi connectivity index (χ0) is 16.5. The summed E-state index contributed by atoms with van der Waals surface area (Å²) < 4.78 is 7.23. The van der Waals surface area contributed by atoms with Gasteiger partial charge in [0.05, 0.1) is 0 Å². The fourth-order valence-corrected chi connectivity index (χ4v) is 18.6. The third kappa shape index (κ3) is 4.44. The molecule has 0 aliphatic rings. The topological polar surface area (TPSA) is 9.23 Å². The van der Waals surface area contributed by atoms with Crippen molar-refractivity contribution in [2.45, 2.75) is 110 Å². The van der Waals surface area contributed by atoms with E-state index >= 15 is 0 Å². The number of rotatable bonds is 5. The average molecular weight is 317 g/mol. The lowest BCUT2D eigenvalue weighted by molar-refractivity contribution is 0.419. The standard InChI is InChI=1S/C17H40OSi2/c1-13(2)20(14(3)4,15(5)6)18-19(16(7,8)9)17(10,11)12/h13-15,19H,1-12H3. The minimum atomic E-state index is -1.75. The molecule has 0 aliphatic heterocycles. The van der Waals surface area contributed by atoms with Crippen molar-refractivity contribution in [2.75, 3.05) is 0 Å². The minimum absolute atomic E-state index is 0.315. The molecule has 0 aromatic carbocycles. The molecule has 0 radical (unpaired) electrons. The highest BCUT2D eigenvalue weighted by molar-refractivity contribution is 6.84. The Kier molecular flexibility index (Phi) is 6.79. The summed E-state index contributed by atoms with van der Waals surface area (Å²) in [5.41, 5.74) is 2.05. The maximum absolute atomic E-state index is 7.23. The smallest absolute Gasteiger partial charge is 0.187 e. The van der Waals surface area contributed by atoms with Crippen LogP contribution in [0.4, 0.5) is 0 Å². The highest BCUT2D eigenvalue weighted by Gasteiger charge is 2.50. The van der Waals surface area contributed by atoms with E-state index in [0.29, 0.717) is 26.7 Å². The fourth-order valence-electron chi connectivity index (χ4n) is 4.26. The highest BCUT2D eigenvalue weighted by Crippen LogP contribution is 2.50. The van der Waals surface area contributed by atoms with E-state index in [-0.39, 0.29) is 0 Å². The number of hydrogen-bond acceptors (Lipinski definition) is 1. The van der Waals surface area contributed by atoms with Crippen LogP contribution in [0.1, 0.15) is 83.1 Å². The zero-order valence-electron chi connectivity index (χ0n) is 16.2. The van der Waals surface area contributed by atoms with Gasteiger partial charge in [-0.15, -0.1) is 0 Å². The lowest BCUT2D eigenvalue weighted by atomic mass is 10.2. The van der Waals surface area contributed by atoms with Crippen LogP contribution in [0.15, 0.2) is 0 Å². The Morgan fingerprint density at radius 1 is 0.650 bits per heavy atom. The lowest BCUT2D eigenvalue weighted by Crippen LogP contribution is -2.55. The van der Waals surface area contributed by atoms with Crippen LogP contribution < -0.4 is 0 Å². The molecule has 20 heavy (non-hydrogen) atoms. The fraction of sp³-hybridized carbons (Fsp3) is 1.00. The van der Waals surface area contributed by atoms with Crippen molar-refractivity contribution in [3.05, 3.63) is 0 Å². The van der Waals surface area contributed by atoms with Crippen LogP contribution >= 0.6 is 0 Å². The molecule has 0 fully saturated rings. The quantitative estimate of drug-likeness (QED) is 0.526. The van der Waals surface area contributed by atoms with Gasteiger partial charge in [0.1, 0.15) is 0 Å². The molecule has 0 spiro atoms. The van der Waals surface area contributed by atoms with E-state index in [9.17, 15) is 0 Å². The van der Waals surface area contributed by atoms with Crippen molar-refractivity contribution < 1.29 is 4.12 Å². The van der Waals surface area contributed by atoms with E-state index in [0.717, 1.165) is 0 Å². The second-order valence-electron chi connectivity index (χ2n) is 9.55. The van der Waals surface area contributed by atoms with Gasteiger partial charge in [-0.1, -0.05) is 83.1 Å². The van der Waals surface area contributed by atoms with Gasteiger partial charge in [0, 0.05) is 0 Å². The first-order chi connectivity index (χ1) is 8.67. The predicted molar refractivity (Wildman–Crippen MR) is 98.7 cm³/mol. The first kappa shape index (κ1) is 20.4. The Balaban J connectivity index is 5.75. The van der Waals surface area contributed by atoms with Crippen LogP contribution in [0.3, 0.4) is 0 Å². The zero-order valence-corrected chi connectivity index (χ0v) is 18.4. The van der Waals surface area contributed by atoms with Crippen LogP contribution in [-0.2, 0) is 4.12 Å². The number of hydrogen-bond donors (Lipinski definition) is 0. The van der Waals surface area contributed by atoms with Gasteiger partial charge in [0.2, 0.25) is 0 Å². The van der Waals surface area contributed by atoms with E-state index in [4.69, 9.17) is 4.12 Å². The molecular formula is C17H40OSi2. The Morgan fingerprint density at radius 3 is 1.05 bits per heavy atom. The van der Waals surface area contributed by atoms with Crippen LogP contribution in [-0.4, -0.2) is 17.4 Å². The largest absolute Gasteiger partial charge is 0.456 e. The van der Waals surface area contributed by atoms with Gasteiger partial charge in [-0.3, -0.25) is 0 Å². The van der Waals surface area contributed by atoms with E-state index in [1.165, 1.54) is 0 Å². The maximum Gasteiger partial charge on any atom is 0.187 e. The maximum atomic E-state index is 7.23. The molecule has 0 aliphatic carbocycles. The molecule has 0 N–H and O–H groups in total. The summed E-state index contributed by atoms with van der Waals surface area (Å²) in [6, 6.07) is 0. The monoisotopic (exact) mass is 316 g/mol. The summed E-state index contributed by atoms with van der Waals surface area (Å²) in [6.45, 7) is 28.7. The molecule has 3 heteroatoms. The van der Waals surface area contributed by atoms with Gasteiger partial charge < -0.3 is 4.12 Å². The summed E-state index contributed by atoms with van der Waals surface area (Å²) >= 11 is 0. The summed E-state index contributed by atoms with van der Waals surface area (Å²) in [4.78, 5) is 0. The molecule has 0 heterocycles. The second-order valence-corrected chi connectivity index (χ2v) is 19.9. The molecule has 0 rings (SSSR count). The van der Waals surface area contributed by atoms with E-state index < -0.39 is 17.4 Å². The molecule has 0 amide bonds. The van der Waals surface area contributed by atoms with Gasteiger partial charge in [0.25, 0.3) is 0 Å². The normalized spacial score (nSPS) is 15.0. The van der Waals surface area contributed by atoms with Crippen molar-refractivity contribution in [1.82, 2.24) is 0 Å². The molecule has 0 saturated heterocycles. The lowest BCUT2D eigenvalue weighted by Gasteiger charge is -2.50. The van der Waals surface area contributed by atoms with Crippen LogP contribution in [0.2, 0.25) is 26.7 Å². The molecule has 122 valence electrons. The van der Waals surface area contributed by atoms with Gasteiger partial charge in [-0.05, 0) is 26.7 Å². The summed E-state index contributed by atoms with van der Waals surface area (Å²) in [6.07, 6.45) is 0. The predicted octanol–water partition coefficient (Wildman–Crippen LogP) is 6.50. The van der Waals surface area contributed by atoms with Gasteiger partial charge >= 0.3 is 0 Å². The Labute approximate surface area is 131 Å². The SMILES string of the molecule is CC(C)[Si](O[SiH](C(C)(C)C)C(C)(C)C)(C(C)C)C(C)C. The minimum Gasteiger partial charge on any atom is -0.456 e. The van der Waals surface area contributed by atoms with Gasteiger partial charge in [-0.25, -0.2) is 0 Å². The molecule has 0 atom stereocenters. The van der Waals surface area contributed by atoms with Crippen LogP contribution in [0.25, 0.3) is 0 Å². The van der Waals surface area contributed by atoms with Crippen molar-refractivity contribution in [3.8, 4) is 0 Å². The van der Waals surface area contributed by atoms with Crippen LogP contribution in [0.5, 0.6) is 0 Å². The van der Waals surface area contributed by atoms with Gasteiger partial charge in [-0.2, -0.15) is 0 Å². The Hall–Kier alpha value is 0.394. The summed E-state index contributed by atoms with van der Waals surface area (Å²) in [5, 5.41) is 0.629. The van der Waals surface area contributed by atoms with Crippen LogP contribution in [0, 0.1) is 0 Å². The van der Waals surface area contributed by atoms with E-state index in [1.807, 2.05) is 0 Å². The third-order valence-electron chi connectivity index (χ3n) is 4.60.